The maximum atomic E-state index is 12.6. The fraction of sp³-hybridized carbons (Fsp3) is 0.861. The Labute approximate surface area is 269 Å². The topological polar surface area (TPSA) is 106 Å². The molecule has 1 saturated heterocycles. The zero-order valence-corrected chi connectivity index (χ0v) is 29.0. The Morgan fingerprint density at radius 1 is 0.636 bits per heavy atom. The van der Waals surface area contributed by atoms with Crippen molar-refractivity contribution in [2.24, 2.45) is 5.41 Å². The number of carbonyl (C=O) groups is 3. The molecule has 8 heteroatoms. The quantitative estimate of drug-likeness (QED) is 0.0685. The van der Waals surface area contributed by atoms with E-state index in [9.17, 15) is 14.4 Å². The maximum Gasteiger partial charge on any atom is 0.249 e. The van der Waals surface area contributed by atoms with E-state index < -0.39 is 17.3 Å². The normalized spacial score (nSPS) is 17.4. The molecule has 1 unspecified atom stereocenters. The van der Waals surface area contributed by atoms with E-state index >= 15 is 0 Å². The van der Waals surface area contributed by atoms with Gasteiger partial charge in [0.25, 0.3) is 0 Å². The van der Waals surface area contributed by atoms with Gasteiger partial charge < -0.3 is 25.4 Å². The molecule has 1 heterocycles. The second-order valence-corrected chi connectivity index (χ2v) is 13.7. The van der Waals surface area contributed by atoms with Crippen molar-refractivity contribution in [2.45, 2.75) is 169 Å². The van der Waals surface area contributed by atoms with Crippen LogP contribution in [0.2, 0.25) is 0 Å². The third kappa shape index (κ3) is 20.9. The number of carbonyl (C=O) groups excluding carboxylic acids is 3. The molecule has 0 aromatic heterocycles. The van der Waals surface area contributed by atoms with Gasteiger partial charge in [0.05, 0.1) is 6.61 Å². The van der Waals surface area contributed by atoms with Crippen molar-refractivity contribution in [3.05, 3.63) is 12.2 Å². The summed E-state index contributed by atoms with van der Waals surface area (Å²) in [5.74, 6) is -0.915. The van der Waals surface area contributed by atoms with Crippen LogP contribution in [0.4, 0.5) is 0 Å². The number of rotatable bonds is 26. The molecule has 0 aromatic carbocycles. The third-order valence-corrected chi connectivity index (χ3v) is 8.21. The first kappa shape index (κ1) is 40.1. The zero-order chi connectivity index (χ0) is 32.5. The minimum atomic E-state index is -0.801. The number of nitrogens with one attached hydrogen (secondary N) is 3. The molecular weight excluding hydrogens is 554 g/mol. The van der Waals surface area contributed by atoms with E-state index in [0.29, 0.717) is 19.6 Å². The van der Waals surface area contributed by atoms with Crippen LogP contribution in [0.3, 0.4) is 0 Å². The number of hydrogen-bond acceptors (Lipinski definition) is 5. The van der Waals surface area contributed by atoms with Crippen molar-refractivity contribution in [1.29, 1.82) is 0 Å². The molecule has 1 aliphatic rings. The molecular formula is C36H67N3O5. The lowest BCUT2D eigenvalue weighted by atomic mass is 9.85. The number of hydrogen-bond donors (Lipinski definition) is 3. The summed E-state index contributed by atoms with van der Waals surface area (Å²) in [6.07, 6.45) is 25.3. The van der Waals surface area contributed by atoms with E-state index in [4.69, 9.17) is 9.47 Å². The van der Waals surface area contributed by atoms with Crippen molar-refractivity contribution < 1.29 is 23.9 Å². The minimum absolute atomic E-state index is 0.0688. The van der Waals surface area contributed by atoms with Gasteiger partial charge in [-0.2, -0.15) is 0 Å². The Bertz CT molecular complexity index is 812. The lowest BCUT2D eigenvalue weighted by molar-refractivity contribution is -0.304. The molecule has 3 amide bonds. The summed E-state index contributed by atoms with van der Waals surface area (Å²) < 4.78 is 11.5. The lowest BCUT2D eigenvalue weighted by Gasteiger charge is -2.44. The summed E-state index contributed by atoms with van der Waals surface area (Å²) in [4.78, 5) is 36.8. The van der Waals surface area contributed by atoms with Gasteiger partial charge in [-0.1, -0.05) is 97.1 Å². The molecule has 0 saturated carbocycles. The van der Waals surface area contributed by atoms with Crippen LogP contribution in [0.15, 0.2) is 12.2 Å². The van der Waals surface area contributed by atoms with Crippen LogP contribution in [0.5, 0.6) is 0 Å². The number of amides is 3. The minimum Gasteiger partial charge on any atom is -0.356 e. The number of ether oxygens (including phenoxy) is 2. The Hall–Kier alpha value is -1.93. The molecule has 0 aromatic rings. The molecule has 1 fully saturated rings. The third-order valence-electron chi connectivity index (χ3n) is 8.21. The van der Waals surface area contributed by atoms with E-state index in [2.05, 4.69) is 35.0 Å². The molecule has 44 heavy (non-hydrogen) atoms. The van der Waals surface area contributed by atoms with Crippen molar-refractivity contribution in [3.63, 3.8) is 0 Å². The molecule has 1 rings (SSSR count). The number of allylic oxidation sites excluding steroid dienone is 2. The fourth-order valence-electron chi connectivity index (χ4n) is 5.31. The van der Waals surface area contributed by atoms with E-state index in [1.165, 1.54) is 70.6 Å². The summed E-state index contributed by atoms with van der Waals surface area (Å²) in [5, 5.41) is 8.79. The van der Waals surface area contributed by atoms with Gasteiger partial charge in [0.15, 0.2) is 5.79 Å². The van der Waals surface area contributed by atoms with E-state index in [1.807, 2.05) is 13.8 Å². The second kappa shape index (κ2) is 24.3. The highest BCUT2D eigenvalue weighted by atomic mass is 16.7. The summed E-state index contributed by atoms with van der Waals surface area (Å²) in [7, 11) is 0. The molecule has 0 bridgehead atoms. The molecule has 256 valence electrons. The first-order valence-electron chi connectivity index (χ1n) is 17.9. The summed E-state index contributed by atoms with van der Waals surface area (Å²) in [6, 6.07) is 0. The van der Waals surface area contributed by atoms with Gasteiger partial charge in [0, 0.05) is 37.9 Å². The summed E-state index contributed by atoms with van der Waals surface area (Å²) in [5.41, 5.74) is -0.436. The Morgan fingerprint density at radius 2 is 1.14 bits per heavy atom. The standard InChI is InChI=1S/C36H67N3O5/c1-6-7-8-9-10-11-12-13-14-15-16-17-18-19-22-25-31(40)37-27-23-20-21-24-28-38-32(41)26-29-39-34(42)33-35(2,3)30-43-36(4,5)44-33/h13-14,33H,6-12,15-30H2,1-5H3,(H,37,40)(H,38,41)(H,39,42)/b14-13-. The maximum absolute atomic E-state index is 12.6. The predicted octanol–water partition coefficient (Wildman–Crippen LogP) is 7.50. The van der Waals surface area contributed by atoms with Gasteiger partial charge in [0.2, 0.25) is 17.7 Å². The molecule has 1 atom stereocenters. The number of unbranched alkanes of at least 4 members (excludes halogenated alkanes) is 14. The largest absolute Gasteiger partial charge is 0.356 e. The van der Waals surface area contributed by atoms with Crippen LogP contribution in [0.1, 0.15) is 157 Å². The second-order valence-electron chi connectivity index (χ2n) is 13.7. The van der Waals surface area contributed by atoms with Gasteiger partial charge >= 0.3 is 0 Å². The van der Waals surface area contributed by atoms with Crippen LogP contribution in [0, 0.1) is 5.41 Å². The fourth-order valence-corrected chi connectivity index (χ4v) is 5.31. The molecule has 1 aliphatic heterocycles. The van der Waals surface area contributed by atoms with Crippen LogP contribution < -0.4 is 16.0 Å². The van der Waals surface area contributed by atoms with Gasteiger partial charge in [-0.25, -0.2) is 0 Å². The van der Waals surface area contributed by atoms with Gasteiger partial charge in [-0.05, 0) is 58.8 Å². The average molecular weight is 622 g/mol. The molecule has 0 aliphatic carbocycles. The van der Waals surface area contributed by atoms with E-state index in [1.54, 1.807) is 13.8 Å². The molecule has 3 N–H and O–H groups in total. The van der Waals surface area contributed by atoms with Gasteiger partial charge in [-0.15, -0.1) is 0 Å². The average Bonchev–Trinajstić information content (AvgIpc) is 2.97. The SMILES string of the molecule is CCCCCCCC/C=C\CCCCCCCC(=O)NCCCCCCNC(=O)CCNC(=O)C1OC(C)(C)OCC1(C)C. The Morgan fingerprint density at radius 3 is 1.73 bits per heavy atom. The van der Waals surface area contributed by atoms with Crippen LogP contribution in [-0.2, 0) is 23.9 Å². The van der Waals surface area contributed by atoms with Crippen molar-refractivity contribution in [1.82, 2.24) is 16.0 Å². The van der Waals surface area contributed by atoms with E-state index in [-0.39, 0.29) is 30.7 Å². The lowest BCUT2D eigenvalue weighted by Crippen LogP contribution is -2.56. The van der Waals surface area contributed by atoms with Gasteiger partial charge in [0.1, 0.15) is 6.10 Å². The van der Waals surface area contributed by atoms with Crippen molar-refractivity contribution in [2.75, 3.05) is 26.2 Å². The highest BCUT2D eigenvalue weighted by Crippen LogP contribution is 2.34. The van der Waals surface area contributed by atoms with Gasteiger partial charge in [-0.3, -0.25) is 14.4 Å². The zero-order valence-electron chi connectivity index (χ0n) is 29.0. The smallest absolute Gasteiger partial charge is 0.249 e. The van der Waals surface area contributed by atoms with Crippen molar-refractivity contribution in [3.8, 4) is 0 Å². The predicted molar refractivity (Wildman–Crippen MR) is 180 cm³/mol. The van der Waals surface area contributed by atoms with E-state index in [0.717, 1.165) is 45.1 Å². The Balaban J connectivity index is 1.88. The highest BCUT2D eigenvalue weighted by Gasteiger charge is 2.45. The molecule has 0 spiro atoms. The first-order chi connectivity index (χ1) is 21.1. The molecule has 8 nitrogen and oxygen atoms in total. The summed E-state index contributed by atoms with van der Waals surface area (Å²) in [6.45, 7) is 11.8. The van der Waals surface area contributed by atoms with Crippen LogP contribution in [0.25, 0.3) is 0 Å². The molecule has 0 radical (unpaired) electrons. The van der Waals surface area contributed by atoms with Crippen LogP contribution in [-0.4, -0.2) is 55.9 Å². The van der Waals surface area contributed by atoms with Crippen molar-refractivity contribution >= 4 is 17.7 Å². The monoisotopic (exact) mass is 622 g/mol. The highest BCUT2D eigenvalue weighted by molar-refractivity contribution is 5.83. The first-order valence-corrected chi connectivity index (χ1v) is 17.9. The Kier molecular flexibility index (Phi) is 22.2. The van der Waals surface area contributed by atoms with Crippen LogP contribution >= 0.6 is 0 Å². The summed E-state index contributed by atoms with van der Waals surface area (Å²) >= 11 is 0.